The van der Waals surface area contributed by atoms with Crippen molar-refractivity contribution in [1.82, 2.24) is 14.5 Å². The summed E-state index contributed by atoms with van der Waals surface area (Å²) in [4.78, 5) is 20.7. The summed E-state index contributed by atoms with van der Waals surface area (Å²) in [5, 5.41) is 4.59. The summed E-state index contributed by atoms with van der Waals surface area (Å²) >= 11 is 0. The number of anilines is 2. The molecule has 0 saturated carbocycles. The minimum Gasteiger partial charge on any atom is -0.464 e. The number of benzene rings is 2. The molecule has 2 aromatic carbocycles. The van der Waals surface area contributed by atoms with Crippen molar-refractivity contribution in [2.45, 2.75) is 6.92 Å². The smallest absolute Gasteiger partial charge is 0.250 e. The lowest BCUT2D eigenvalue weighted by atomic mass is 9.98. The molecule has 0 aliphatic carbocycles. The number of aryl methyl sites for hydroxylation is 1. The monoisotopic (exact) mass is 423 g/mol. The number of nitrogens with two attached hydrogens (primary N) is 1. The van der Waals surface area contributed by atoms with Gasteiger partial charge in [0.05, 0.1) is 17.3 Å². The first-order valence-electron chi connectivity index (χ1n) is 10.1. The summed E-state index contributed by atoms with van der Waals surface area (Å²) in [6.45, 7) is 5.35. The Morgan fingerprint density at radius 1 is 1.12 bits per heavy atom. The van der Waals surface area contributed by atoms with Crippen molar-refractivity contribution in [2.24, 2.45) is 7.05 Å². The molecule has 5 rings (SSSR count). The van der Waals surface area contributed by atoms with Crippen LogP contribution in [-0.2, 0) is 11.8 Å². The first-order chi connectivity index (χ1) is 15.5. The fourth-order valence-corrected chi connectivity index (χ4v) is 4.00. The molecule has 0 radical (unpaired) electrons. The number of nitrogens with zero attached hydrogens (tertiary/aromatic N) is 3. The number of aromatic nitrogens is 3. The molecule has 1 amide bonds. The number of carbonyl (C=O) groups is 1. The summed E-state index contributed by atoms with van der Waals surface area (Å²) in [5.74, 6) is 0.193. The minimum absolute atomic E-state index is 0.212. The second-order valence-corrected chi connectivity index (χ2v) is 7.70. The predicted molar refractivity (Wildman–Crippen MR) is 127 cm³/mol. The molecule has 0 aliphatic rings. The Morgan fingerprint density at radius 3 is 2.62 bits per heavy atom. The molecule has 158 valence electrons. The van der Waals surface area contributed by atoms with Crippen LogP contribution >= 0.6 is 0 Å². The van der Waals surface area contributed by atoms with Gasteiger partial charge in [-0.3, -0.25) is 4.79 Å². The van der Waals surface area contributed by atoms with Crippen molar-refractivity contribution < 1.29 is 9.21 Å². The van der Waals surface area contributed by atoms with Gasteiger partial charge in [-0.1, -0.05) is 36.9 Å². The van der Waals surface area contributed by atoms with Gasteiger partial charge in [-0.2, -0.15) is 0 Å². The summed E-state index contributed by atoms with van der Waals surface area (Å²) < 4.78 is 7.84. The number of nitrogen functional groups attached to an aromatic ring is 1. The standard InChI is InChI=1S/C25H21N5O2/c1-14(2)25(31)29-16-10-8-15(9-11-16)22-20(18-12-32-19-7-5-4-6-17(18)19)21-23(26)27-13-28-24(21)30(22)3/h4-13H,1H2,2-3H3,(H,29,31)(H2,26,27,28). The zero-order valence-electron chi connectivity index (χ0n) is 17.7. The van der Waals surface area contributed by atoms with Crippen molar-refractivity contribution in [3.8, 4) is 22.4 Å². The highest BCUT2D eigenvalue weighted by atomic mass is 16.3. The molecule has 3 aromatic heterocycles. The Kier molecular flexibility index (Phi) is 4.52. The summed E-state index contributed by atoms with van der Waals surface area (Å²) in [5.41, 5.74) is 12.7. The highest BCUT2D eigenvalue weighted by Crippen LogP contribution is 2.44. The first-order valence-corrected chi connectivity index (χ1v) is 10.1. The van der Waals surface area contributed by atoms with Gasteiger partial charge >= 0.3 is 0 Å². The van der Waals surface area contributed by atoms with Crippen LogP contribution < -0.4 is 11.1 Å². The van der Waals surface area contributed by atoms with Gasteiger partial charge in [0.1, 0.15) is 23.4 Å². The Morgan fingerprint density at radius 2 is 1.88 bits per heavy atom. The maximum absolute atomic E-state index is 12.0. The van der Waals surface area contributed by atoms with Crippen LogP contribution in [0.25, 0.3) is 44.4 Å². The minimum atomic E-state index is -0.212. The molecule has 3 N–H and O–H groups in total. The predicted octanol–water partition coefficient (Wildman–Crippen LogP) is 5.15. The highest BCUT2D eigenvalue weighted by molar-refractivity contribution is 6.12. The van der Waals surface area contributed by atoms with Crippen molar-refractivity contribution in [1.29, 1.82) is 0 Å². The number of furan rings is 1. The van der Waals surface area contributed by atoms with Crippen LogP contribution in [-0.4, -0.2) is 20.4 Å². The Balaban J connectivity index is 1.74. The van der Waals surface area contributed by atoms with Crippen molar-refractivity contribution in [3.63, 3.8) is 0 Å². The molecule has 7 nitrogen and oxygen atoms in total. The molecule has 0 atom stereocenters. The van der Waals surface area contributed by atoms with Crippen molar-refractivity contribution >= 4 is 39.4 Å². The molecule has 3 heterocycles. The van der Waals surface area contributed by atoms with Gasteiger partial charge in [-0.15, -0.1) is 0 Å². The molecule has 0 unspecified atom stereocenters. The summed E-state index contributed by atoms with van der Waals surface area (Å²) in [6, 6.07) is 15.5. The number of rotatable bonds is 4. The van der Waals surface area contributed by atoms with E-state index in [-0.39, 0.29) is 5.91 Å². The maximum atomic E-state index is 12.0. The average Bonchev–Trinajstić information content (AvgIpc) is 3.34. The van der Waals surface area contributed by atoms with Gasteiger partial charge in [0.15, 0.2) is 0 Å². The molecule has 32 heavy (non-hydrogen) atoms. The van der Waals surface area contributed by atoms with E-state index in [0.29, 0.717) is 17.1 Å². The SMILES string of the molecule is C=C(C)C(=O)Nc1ccc(-c2c(-c3coc4ccccc34)c3c(N)ncnc3n2C)cc1. The lowest BCUT2D eigenvalue weighted by molar-refractivity contribution is -0.112. The van der Waals surface area contributed by atoms with E-state index in [2.05, 4.69) is 21.9 Å². The van der Waals surface area contributed by atoms with E-state index in [1.807, 2.05) is 60.1 Å². The van der Waals surface area contributed by atoms with Crippen molar-refractivity contribution in [3.05, 3.63) is 73.3 Å². The topological polar surface area (TPSA) is 99.0 Å². The van der Waals surface area contributed by atoms with Gasteiger partial charge in [0.2, 0.25) is 0 Å². The molecular formula is C25H21N5O2. The molecule has 7 heteroatoms. The van der Waals surface area contributed by atoms with Gasteiger partial charge in [0, 0.05) is 34.8 Å². The Labute approximate surface area is 184 Å². The van der Waals surface area contributed by atoms with E-state index >= 15 is 0 Å². The third-order valence-corrected chi connectivity index (χ3v) is 5.55. The number of carbonyl (C=O) groups excluding carboxylic acids is 1. The quantitative estimate of drug-likeness (QED) is 0.390. The van der Waals surface area contributed by atoms with Gasteiger partial charge in [-0.05, 0) is 30.7 Å². The molecule has 0 fully saturated rings. The van der Waals surface area contributed by atoms with Crippen LogP contribution in [0.15, 0.2) is 77.7 Å². The third-order valence-electron chi connectivity index (χ3n) is 5.55. The van der Waals surface area contributed by atoms with E-state index in [9.17, 15) is 4.79 Å². The molecule has 0 bridgehead atoms. The third kappa shape index (κ3) is 3.02. The van der Waals surface area contributed by atoms with Crippen molar-refractivity contribution in [2.75, 3.05) is 11.1 Å². The number of hydrogen-bond donors (Lipinski definition) is 2. The van der Waals surface area contributed by atoms with E-state index in [1.54, 1.807) is 13.2 Å². The van der Waals surface area contributed by atoms with Gasteiger partial charge in [-0.25, -0.2) is 9.97 Å². The van der Waals surface area contributed by atoms with Crippen LogP contribution in [0, 0.1) is 0 Å². The van der Waals surface area contributed by atoms with E-state index < -0.39 is 0 Å². The van der Waals surface area contributed by atoms with Crippen LogP contribution in [0.4, 0.5) is 11.5 Å². The Bertz CT molecular complexity index is 1510. The maximum Gasteiger partial charge on any atom is 0.250 e. The number of hydrogen-bond acceptors (Lipinski definition) is 5. The number of nitrogens with one attached hydrogen (secondary N) is 1. The van der Waals surface area contributed by atoms with E-state index in [1.165, 1.54) is 6.33 Å². The number of para-hydroxylation sites is 1. The van der Waals surface area contributed by atoms with Gasteiger partial charge in [0.25, 0.3) is 5.91 Å². The average molecular weight is 423 g/mol. The first kappa shape index (κ1) is 19.6. The number of fused-ring (bicyclic) bond motifs is 2. The van der Waals surface area contributed by atoms with Gasteiger partial charge < -0.3 is 20.0 Å². The van der Waals surface area contributed by atoms with Crippen LogP contribution in [0.2, 0.25) is 0 Å². The fourth-order valence-electron chi connectivity index (χ4n) is 4.00. The largest absolute Gasteiger partial charge is 0.464 e. The fraction of sp³-hybridized carbons (Fsp3) is 0.0800. The summed E-state index contributed by atoms with van der Waals surface area (Å²) in [6.07, 6.45) is 3.21. The van der Waals surface area contributed by atoms with E-state index in [0.717, 1.165) is 44.4 Å². The lowest BCUT2D eigenvalue weighted by Gasteiger charge is -2.10. The molecular weight excluding hydrogens is 402 g/mol. The number of amides is 1. The lowest BCUT2D eigenvalue weighted by Crippen LogP contribution is -2.11. The van der Waals surface area contributed by atoms with Crippen LogP contribution in [0.3, 0.4) is 0 Å². The molecule has 0 saturated heterocycles. The van der Waals surface area contributed by atoms with E-state index in [4.69, 9.17) is 10.2 Å². The summed E-state index contributed by atoms with van der Waals surface area (Å²) in [7, 11) is 1.95. The normalized spacial score (nSPS) is 11.2. The van der Waals surface area contributed by atoms with Crippen LogP contribution in [0.5, 0.6) is 0 Å². The highest BCUT2D eigenvalue weighted by Gasteiger charge is 2.24. The second-order valence-electron chi connectivity index (χ2n) is 7.70. The molecule has 5 aromatic rings. The zero-order valence-corrected chi connectivity index (χ0v) is 17.7. The Hall–Kier alpha value is -4.39. The second kappa shape index (κ2) is 7.39. The zero-order chi connectivity index (χ0) is 22.4. The molecule has 0 aliphatic heterocycles. The van der Waals surface area contributed by atoms with Crippen LogP contribution in [0.1, 0.15) is 6.92 Å². The molecule has 0 spiro atoms.